The van der Waals surface area contributed by atoms with Crippen molar-refractivity contribution in [2.24, 2.45) is 0 Å². The molecule has 0 aliphatic carbocycles. The molecule has 1 amide bonds. The Balaban J connectivity index is 2.74. The summed E-state index contributed by atoms with van der Waals surface area (Å²) in [6.45, 7) is -0.314. The lowest BCUT2D eigenvalue weighted by atomic mass is 10.3. The molecule has 1 aromatic rings. The summed E-state index contributed by atoms with van der Waals surface area (Å²) in [5.41, 5.74) is -4.38. The van der Waals surface area contributed by atoms with Crippen LogP contribution in [0.15, 0.2) is 29.2 Å². The summed E-state index contributed by atoms with van der Waals surface area (Å²) < 4.78 is 41.6. The minimum absolute atomic E-state index is 0.0402. The molecular formula is C10H10F3NO2S. The maximum absolute atomic E-state index is 12.2. The van der Waals surface area contributed by atoms with Gasteiger partial charge in [-0.3, -0.25) is 4.79 Å². The van der Waals surface area contributed by atoms with Gasteiger partial charge in [0.15, 0.2) is 6.61 Å². The summed E-state index contributed by atoms with van der Waals surface area (Å²) in [6.07, 6.45) is 0. The molecule has 94 valence electrons. The van der Waals surface area contributed by atoms with Crippen molar-refractivity contribution >= 4 is 17.7 Å². The lowest BCUT2D eigenvalue weighted by molar-refractivity contribution is -0.122. The van der Waals surface area contributed by atoms with Crippen molar-refractivity contribution in [1.29, 1.82) is 0 Å². The average Bonchev–Trinajstić information content (AvgIpc) is 2.25. The van der Waals surface area contributed by atoms with Crippen LogP contribution in [-0.2, 0) is 4.79 Å². The zero-order valence-corrected chi connectivity index (χ0v) is 9.69. The second-order valence-corrected chi connectivity index (χ2v) is 4.06. The molecule has 0 heterocycles. The summed E-state index contributed by atoms with van der Waals surface area (Å²) >= 11 is -0.270. The van der Waals surface area contributed by atoms with Gasteiger partial charge in [-0.1, -0.05) is 12.1 Å². The molecule has 0 fully saturated rings. The van der Waals surface area contributed by atoms with Gasteiger partial charge in [-0.2, -0.15) is 13.2 Å². The quantitative estimate of drug-likeness (QED) is 0.850. The molecule has 1 rings (SSSR count). The molecule has 0 radical (unpaired) electrons. The second-order valence-electron chi connectivity index (χ2n) is 2.96. The molecule has 1 aromatic carbocycles. The normalized spacial score (nSPS) is 11.1. The average molecular weight is 265 g/mol. The van der Waals surface area contributed by atoms with Crippen molar-refractivity contribution in [1.82, 2.24) is 5.32 Å². The fraction of sp³-hybridized carbons (Fsp3) is 0.300. The number of alkyl halides is 3. The number of ether oxygens (including phenoxy) is 1. The highest BCUT2D eigenvalue weighted by molar-refractivity contribution is 8.00. The van der Waals surface area contributed by atoms with Crippen LogP contribution in [0.25, 0.3) is 0 Å². The molecule has 0 aliphatic heterocycles. The Morgan fingerprint density at radius 3 is 2.65 bits per heavy atom. The van der Waals surface area contributed by atoms with Crippen LogP contribution in [0.3, 0.4) is 0 Å². The smallest absolute Gasteiger partial charge is 0.446 e. The molecule has 3 nitrogen and oxygen atoms in total. The highest BCUT2D eigenvalue weighted by atomic mass is 32.2. The molecular weight excluding hydrogens is 255 g/mol. The first kappa shape index (κ1) is 13.7. The van der Waals surface area contributed by atoms with E-state index in [9.17, 15) is 18.0 Å². The van der Waals surface area contributed by atoms with Crippen molar-refractivity contribution in [2.45, 2.75) is 10.4 Å². The molecule has 0 atom stereocenters. The van der Waals surface area contributed by atoms with Crippen molar-refractivity contribution in [2.75, 3.05) is 13.7 Å². The summed E-state index contributed by atoms with van der Waals surface area (Å²) in [5.74, 6) is -0.366. The number of hydrogen-bond donors (Lipinski definition) is 1. The minimum atomic E-state index is -4.38. The van der Waals surface area contributed by atoms with Gasteiger partial charge in [0.25, 0.3) is 5.91 Å². The summed E-state index contributed by atoms with van der Waals surface area (Å²) in [7, 11) is 1.42. The van der Waals surface area contributed by atoms with E-state index < -0.39 is 11.4 Å². The van der Waals surface area contributed by atoms with Crippen LogP contribution in [0.4, 0.5) is 13.2 Å². The Bertz CT molecular complexity index is 395. The van der Waals surface area contributed by atoms with E-state index in [-0.39, 0.29) is 29.0 Å². The molecule has 0 spiro atoms. The molecule has 17 heavy (non-hydrogen) atoms. The Kier molecular flexibility index (Phi) is 4.68. The van der Waals surface area contributed by atoms with Gasteiger partial charge in [-0.05, 0) is 23.9 Å². The topological polar surface area (TPSA) is 38.3 Å². The fourth-order valence-electron chi connectivity index (χ4n) is 0.994. The van der Waals surface area contributed by atoms with Crippen molar-refractivity contribution in [3.05, 3.63) is 24.3 Å². The first-order valence-electron chi connectivity index (χ1n) is 4.60. The van der Waals surface area contributed by atoms with Gasteiger partial charge in [-0.15, -0.1) is 0 Å². The third-order valence-corrected chi connectivity index (χ3v) is 2.50. The number of benzene rings is 1. The Hall–Kier alpha value is -1.37. The summed E-state index contributed by atoms with van der Waals surface area (Å²) in [4.78, 5) is 10.9. The first-order valence-corrected chi connectivity index (χ1v) is 5.42. The van der Waals surface area contributed by atoms with E-state index in [0.29, 0.717) is 0 Å². The highest BCUT2D eigenvalue weighted by Crippen LogP contribution is 2.41. The molecule has 0 aromatic heterocycles. The Morgan fingerprint density at radius 2 is 2.06 bits per heavy atom. The number of para-hydroxylation sites is 1. The number of halogens is 3. The van der Waals surface area contributed by atoms with E-state index in [1.807, 2.05) is 0 Å². The van der Waals surface area contributed by atoms with Crippen LogP contribution in [-0.4, -0.2) is 25.1 Å². The van der Waals surface area contributed by atoms with Gasteiger partial charge in [-0.25, -0.2) is 0 Å². The van der Waals surface area contributed by atoms with Crippen LogP contribution in [0, 0.1) is 0 Å². The summed E-state index contributed by atoms with van der Waals surface area (Å²) in [5, 5.41) is 2.31. The third-order valence-electron chi connectivity index (χ3n) is 1.71. The number of carbonyl (C=O) groups is 1. The van der Waals surface area contributed by atoms with Gasteiger partial charge >= 0.3 is 5.51 Å². The van der Waals surface area contributed by atoms with E-state index in [0.717, 1.165) is 0 Å². The Labute approximate surface area is 100 Å². The van der Waals surface area contributed by atoms with Crippen LogP contribution < -0.4 is 10.1 Å². The van der Waals surface area contributed by atoms with E-state index in [1.165, 1.54) is 25.2 Å². The minimum Gasteiger partial charge on any atom is -0.483 e. The Morgan fingerprint density at radius 1 is 1.41 bits per heavy atom. The molecule has 1 N–H and O–H groups in total. The number of rotatable bonds is 4. The van der Waals surface area contributed by atoms with Gasteiger partial charge in [0.2, 0.25) is 0 Å². The number of likely N-dealkylation sites (N-methyl/N-ethyl adjacent to an activating group) is 1. The lowest BCUT2D eigenvalue weighted by Crippen LogP contribution is -2.25. The fourth-order valence-corrected chi connectivity index (χ4v) is 1.62. The second kappa shape index (κ2) is 5.81. The van der Waals surface area contributed by atoms with Gasteiger partial charge in [0.1, 0.15) is 5.75 Å². The lowest BCUT2D eigenvalue weighted by Gasteiger charge is -2.11. The maximum Gasteiger partial charge on any atom is 0.446 e. The number of nitrogens with one attached hydrogen (secondary N) is 1. The highest BCUT2D eigenvalue weighted by Gasteiger charge is 2.30. The standard InChI is InChI=1S/C10H10F3NO2S/c1-14-9(15)6-16-7-4-2-3-5-8(7)17-10(11,12)13/h2-5H,6H2,1H3,(H,14,15). The zero-order chi connectivity index (χ0) is 12.9. The number of amides is 1. The van der Waals surface area contributed by atoms with E-state index in [4.69, 9.17) is 4.74 Å². The summed E-state index contributed by atoms with van der Waals surface area (Å²) in [6, 6.07) is 5.69. The molecule has 7 heteroatoms. The molecule has 0 saturated carbocycles. The van der Waals surface area contributed by atoms with E-state index in [2.05, 4.69) is 5.32 Å². The molecule has 0 bridgehead atoms. The predicted octanol–water partition coefficient (Wildman–Crippen LogP) is 2.42. The van der Waals surface area contributed by atoms with Gasteiger partial charge < -0.3 is 10.1 Å². The molecule has 0 saturated heterocycles. The van der Waals surface area contributed by atoms with E-state index >= 15 is 0 Å². The number of hydrogen-bond acceptors (Lipinski definition) is 3. The zero-order valence-electron chi connectivity index (χ0n) is 8.88. The van der Waals surface area contributed by atoms with Gasteiger partial charge in [0, 0.05) is 7.05 Å². The van der Waals surface area contributed by atoms with Crippen LogP contribution >= 0.6 is 11.8 Å². The monoisotopic (exact) mass is 265 g/mol. The molecule has 0 aliphatic rings. The van der Waals surface area contributed by atoms with Gasteiger partial charge in [0.05, 0.1) is 4.90 Å². The third kappa shape index (κ3) is 4.99. The van der Waals surface area contributed by atoms with Crippen LogP contribution in [0.2, 0.25) is 0 Å². The van der Waals surface area contributed by atoms with Crippen LogP contribution in [0.5, 0.6) is 5.75 Å². The maximum atomic E-state index is 12.2. The number of thioether (sulfide) groups is 1. The van der Waals surface area contributed by atoms with Crippen molar-refractivity contribution < 1.29 is 22.7 Å². The largest absolute Gasteiger partial charge is 0.483 e. The number of carbonyl (C=O) groups excluding carboxylic acids is 1. The predicted molar refractivity (Wildman–Crippen MR) is 57.9 cm³/mol. The van der Waals surface area contributed by atoms with Crippen molar-refractivity contribution in [3.8, 4) is 5.75 Å². The first-order chi connectivity index (χ1) is 7.92. The SMILES string of the molecule is CNC(=O)COc1ccccc1SC(F)(F)F. The molecule has 0 unspecified atom stereocenters. The van der Waals surface area contributed by atoms with E-state index in [1.54, 1.807) is 6.07 Å². The van der Waals surface area contributed by atoms with Crippen LogP contribution in [0.1, 0.15) is 0 Å². The van der Waals surface area contributed by atoms with Crippen molar-refractivity contribution in [3.63, 3.8) is 0 Å².